The van der Waals surface area contributed by atoms with E-state index in [0.29, 0.717) is 6.42 Å². The van der Waals surface area contributed by atoms with Gasteiger partial charge in [0.25, 0.3) is 0 Å². The second-order valence-corrected chi connectivity index (χ2v) is 6.82. The number of hydrogen-bond acceptors (Lipinski definition) is 3. The third-order valence-corrected chi connectivity index (χ3v) is 5.12. The quantitative estimate of drug-likeness (QED) is 0.679. The smallest absolute Gasteiger partial charge is 0.220 e. The summed E-state index contributed by atoms with van der Waals surface area (Å²) >= 11 is 0. The van der Waals surface area contributed by atoms with Crippen LogP contribution in [0.3, 0.4) is 0 Å². The largest absolute Gasteiger partial charge is 0.356 e. The van der Waals surface area contributed by atoms with Gasteiger partial charge in [0.1, 0.15) is 0 Å². The molecule has 0 aromatic heterocycles. The summed E-state index contributed by atoms with van der Waals surface area (Å²) in [6.07, 6.45) is 9.39. The van der Waals surface area contributed by atoms with Crippen molar-refractivity contribution in [2.75, 3.05) is 32.7 Å². The lowest BCUT2D eigenvalue weighted by Crippen LogP contribution is -2.39. The molecule has 6 heteroatoms. The molecule has 1 unspecified atom stereocenters. The Bertz CT molecular complexity index is 312. The molecule has 138 valence electrons. The number of rotatable bonds is 7. The van der Waals surface area contributed by atoms with Gasteiger partial charge >= 0.3 is 0 Å². The Labute approximate surface area is 154 Å². The van der Waals surface area contributed by atoms with Gasteiger partial charge in [-0.15, -0.1) is 24.8 Å². The molecule has 0 aromatic carbocycles. The van der Waals surface area contributed by atoms with E-state index in [1.165, 1.54) is 38.6 Å². The average Bonchev–Trinajstić information content (AvgIpc) is 2.52. The number of halogens is 2. The first-order valence-electron chi connectivity index (χ1n) is 8.97. The zero-order valence-electron chi connectivity index (χ0n) is 14.5. The number of carbonyl (C=O) groups excluding carboxylic acids is 1. The lowest BCUT2D eigenvalue weighted by molar-refractivity contribution is -0.121. The van der Waals surface area contributed by atoms with Crippen molar-refractivity contribution in [3.8, 4) is 0 Å². The summed E-state index contributed by atoms with van der Waals surface area (Å²) in [5.41, 5.74) is 0. The number of amides is 1. The number of carbonyl (C=O) groups is 1. The molecule has 2 heterocycles. The molecular formula is C17H35Cl2N3O. The third kappa shape index (κ3) is 9.13. The second kappa shape index (κ2) is 13.3. The van der Waals surface area contributed by atoms with Crippen molar-refractivity contribution in [2.24, 2.45) is 5.92 Å². The summed E-state index contributed by atoms with van der Waals surface area (Å²) in [5, 5.41) is 6.47. The van der Waals surface area contributed by atoms with E-state index in [1.54, 1.807) is 0 Å². The van der Waals surface area contributed by atoms with Gasteiger partial charge < -0.3 is 15.5 Å². The summed E-state index contributed by atoms with van der Waals surface area (Å²) in [6.45, 7) is 7.80. The molecule has 2 N–H and O–H groups in total. The minimum Gasteiger partial charge on any atom is -0.356 e. The maximum Gasteiger partial charge on any atom is 0.220 e. The van der Waals surface area contributed by atoms with Crippen LogP contribution in [0, 0.1) is 5.92 Å². The summed E-state index contributed by atoms with van der Waals surface area (Å²) in [6, 6.07) is 0.731. The number of hydrogen-bond donors (Lipinski definition) is 2. The lowest BCUT2D eigenvalue weighted by atomic mass is 9.93. The van der Waals surface area contributed by atoms with Crippen molar-refractivity contribution >= 4 is 30.7 Å². The fourth-order valence-electron chi connectivity index (χ4n) is 3.59. The second-order valence-electron chi connectivity index (χ2n) is 6.82. The predicted octanol–water partition coefficient (Wildman–Crippen LogP) is 2.99. The van der Waals surface area contributed by atoms with Crippen LogP contribution in [0.2, 0.25) is 0 Å². The molecular weight excluding hydrogens is 333 g/mol. The average molecular weight is 368 g/mol. The van der Waals surface area contributed by atoms with Gasteiger partial charge in [-0.25, -0.2) is 0 Å². The standard InChI is InChI=1S/C17H33N3O.2ClH/c1-15-5-2-3-13-20(15)14-4-10-19-17(21)7-6-16-8-11-18-12-9-16;;/h15-16,18H,2-14H2,1H3,(H,19,21);2*1H. The van der Waals surface area contributed by atoms with Gasteiger partial charge in [0.15, 0.2) is 0 Å². The van der Waals surface area contributed by atoms with Crippen molar-refractivity contribution in [1.82, 2.24) is 15.5 Å². The lowest BCUT2D eigenvalue weighted by Gasteiger charge is -2.33. The number of likely N-dealkylation sites (tertiary alicyclic amines) is 1. The molecule has 1 atom stereocenters. The van der Waals surface area contributed by atoms with E-state index in [9.17, 15) is 4.79 Å². The van der Waals surface area contributed by atoms with E-state index in [4.69, 9.17) is 0 Å². The fourth-order valence-corrected chi connectivity index (χ4v) is 3.59. The summed E-state index contributed by atoms with van der Waals surface area (Å²) in [5.74, 6) is 1.01. The maximum atomic E-state index is 11.9. The highest BCUT2D eigenvalue weighted by Crippen LogP contribution is 2.18. The van der Waals surface area contributed by atoms with Crippen LogP contribution in [0.4, 0.5) is 0 Å². The summed E-state index contributed by atoms with van der Waals surface area (Å²) in [7, 11) is 0. The first kappa shape index (κ1) is 23.0. The molecule has 0 radical (unpaired) electrons. The number of nitrogens with one attached hydrogen (secondary N) is 2. The fraction of sp³-hybridized carbons (Fsp3) is 0.941. The Morgan fingerprint density at radius 2 is 1.91 bits per heavy atom. The highest BCUT2D eigenvalue weighted by atomic mass is 35.5. The van der Waals surface area contributed by atoms with Crippen LogP contribution < -0.4 is 10.6 Å². The summed E-state index contributed by atoms with van der Waals surface area (Å²) in [4.78, 5) is 14.4. The molecule has 0 aromatic rings. The first-order valence-corrected chi connectivity index (χ1v) is 8.97. The van der Waals surface area contributed by atoms with E-state index in [2.05, 4.69) is 22.5 Å². The molecule has 2 saturated heterocycles. The molecule has 2 fully saturated rings. The first-order chi connectivity index (χ1) is 10.3. The van der Waals surface area contributed by atoms with E-state index in [0.717, 1.165) is 51.0 Å². The molecule has 2 aliphatic heterocycles. The van der Waals surface area contributed by atoms with Crippen molar-refractivity contribution < 1.29 is 4.79 Å². The number of piperidine rings is 2. The topological polar surface area (TPSA) is 44.4 Å². The van der Waals surface area contributed by atoms with E-state index >= 15 is 0 Å². The number of nitrogens with zero attached hydrogens (tertiary/aromatic N) is 1. The Morgan fingerprint density at radius 1 is 1.17 bits per heavy atom. The Hall–Kier alpha value is -0.0300. The zero-order valence-corrected chi connectivity index (χ0v) is 16.2. The Balaban J connectivity index is 0.00000242. The van der Waals surface area contributed by atoms with Gasteiger partial charge in [-0.1, -0.05) is 6.42 Å². The highest BCUT2D eigenvalue weighted by molar-refractivity contribution is 5.85. The third-order valence-electron chi connectivity index (χ3n) is 5.12. The van der Waals surface area contributed by atoms with Crippen LogP contribution in [-0.4, -0.2) is 49.6 Å². The minimum atomic E-state index is 0. The molecule has 1 amide bonds. The van der Waals surface area contributed by atoms with Gasteiger partial charge in [-0.2, -0.15) is 0 Å². The summed E-state index contributed by atoms with van der Waals surface area (Å²) < 4.78 is 0. The van der Waals surface area contributed by atoms with Gasteiger partial charge in [-0.05, 0) is 71.0 Å². The Morgan fingerprint density at radius 3 is 2.61 bits per heavy atom. The molecule has 0 bridgehead atoms. The van der Waals surface area contributed by atoms with Crippen molar-refractivity contribution in [3.63, 3.8) is 0 Å². The SMILES string of the molecule is CC1CCCCN1CCCNC(=O)CCC1CCNCC1.Cl.Cl. The predicted molar refractivity (Wildman–Crippen MR) is 102 cm³/mol. The van der Waals surface area contributed by atoms with Crippen LogP contribution in [-0.2, 0) is 4.79 Å². The molecule has 4 nitrogen and oxygen atoms in total. The van der Waals surface area contributed by atoms with Crippen LogP contribution in [0.25, 0.3) is 0 Å². The monoisotopic (exact) mass is 367 g/mol. The normalized spacial score (nSPS) is 22.7. The van der Waals surface area contributed by atoms with Crippen LogP contribution in [0.15, 0.2) is 0 Å². The molecule has 23 heavy (non-hydrogen) atoms. The van der Waals surface area contributed by atoms with Crippen LogP contribution in [0.1, 0.15) is 58.3 Å². The van der Waals surface area contributed by atoms with E-state index in [-0.39, 0.29) is 30.7 Å². The zero-order chi connectivity index (χ0) is 14.9. The minimum absolute atomic E-state index is 0. The molecule has 2 aliphatic rings. The van der Waals surface area contributed by atoms with Crippen LogP contribution in [0.5, 0.6) is 0 Å². The van der Waals surface area contributed by atoms with Gasteiger partial charge in [0.2, 0.25) is 5.91 Å². The maximum absolute atomic E-state index is 11.9. The van der Waals surface area contributed by atoms with Crippen molar-refractivity contribution in [2.45, 2.75) is 64.3 Å². The Kier molecular flexibility index (Phi) is 13.3. The molecule has 0 saturated carbocycles. The van der Waals surface area contributed by atoms with E-state index < -0.39 is 0 Å². The van der Waals surface area contributed by atoms with Crippen molar-refractivity contribution in [1.29, 1.82) is 0 Å². The van der Waals surface area contributed by atoms with Crippen LogP contribution >= 0.6 is 24.8 Å². The van der Waals surface area contributed by atoms with Crippen molar-refractivity contribution in [3.05, 3.63) is 0 Å². The van der Waals surface area contributed by atoms with Gasteiger partial charge in [-0.3, -0.25) is 4.79 Å². The van der Waals surface area contributed by atoms with Gasteiger partial charge in [0, 0.05) is 25.6 Å². The molecule has 0 aliphatic carbocycles. The molecule has 2 rings (SSSR count). The molecule has 0 spiro atoms. The van der Waals surface area contributed by atoms with Gasteiger partial charge in [0.05, 0.1) is 0 Å². The highest BCUT2D eigenvalue weighted by Gasteiger charge is 2.17. The van der Waals surface area contributed by atoms with E-state index in [1.807, 2.05) is 0 Å².